The number of nitrogens with zero attached hydrogens (tertiary/aromatic N) is 1. The van der Waals surface area contributed by atoms with Gasteiger partial charge in [-0.25, -0.2) is 0 Å². The average Bonchev–Trinajstić information content (AvgIpc) is 2.71. The van der Waals surface area contributed by atoms with Gasteiger partial charge in [-0.1, -0.05) is 39.7 Å². The van der Waals surface area contributed by atoms with Gasteiger partial charge >= 0.3 is 0 Å². The van der Waals surface area contributed by atoms with Gasteiger partial charge in [-0.15, -0.1) is 0 Å². The largest absolute Gasteiger partial charge is 0.336 e. The highest BCUT2D eigenvalue weighted by Crippen LogP contribution is 2.29. The van der Waals surface area contributed by atoms with Gasteiger partial charge in [0.25, 0.3) is 0 Å². The number of rotatable bonds is 3. The molecule has 1 aromatic rings. The first-order chi connectivity index (χ1) is 8.11. The van der Waals surface area contributed by atoms with Crippen LogP contribution in [0.5, 0.6) is 0 Å². The number of halogens is 2. The molecule has 1 aliphatic heterocycles. The molecule has 1 fully saturated rings. The molecule has 4 heteroatoms. The van der Waals surface area contributed by atoms with Crippen molar-refractivity contribution in [2.45, 2.75) is 19.4 Å². The number of carbonyl (C=O) groups is 1. The minimum absolute atomic E-state index is 0.129. The number of amides is 1. The van der Waals surface area contributed by atoms with Crippen LogP contribution in [0.3, 0.4) is 0 Å². The van der Waals surface area contributed by atoms with Crippen molar-refractivity contribution in [1.29, 1.82) is 0 Å². The second-order valence-corrected chi connectivity index (χ2v) is 5.58. The molecule has 1 aromatic carbocycles. The summed E-state index contributed by atoms with van der Waals surface area (Å²) < 4.78 is 0. The lowest BCUT2D eigenvalue weighted by Gasteiger charge is -2.25. The van der Waals surface area contributed by atoms with Gasteiger partial charge in [0.05, 0.1) is 6.04 Å². The summed E-state index contributed by atoms with van der Waals surface area (Å²) in [6.07, 6.45) is 0.656. The summed E-state index contributed by atoms with van der Waals surface area (Å²) in [5, 5.41) is 1.62. The van der Waals surface area contributed by atoms with Crippen molar-refractivity contribution in [2.24, 2.45) is 5.92 Å². The van der Waals surface area contributed by atoms with E-state index in [4.69, 9.17) is 11.6 Å². The van der Waals surface area contributed by atoms with E-state index in [1.54, 1.807) is 0 Å². The van der Waals surface area contributed by atoms with Crippen LogP contribution in [0.1, 0.15) is 24.9 Å². The Morgan fingerprint density at radius 2 is 2.12 bits per heavy atom. The summed E-state index contributed by atoms with van der Waals surface area (Å²) in [5.74, 6) is 0.689. The lowest BCUT2D eigenvalue weighted by atomic mass is 10.1. The zero-order valence-electron chi connectivity index (χ0n) is 9.70. The number of hydrogen-bond donors (Lipinski definition) is 0. The van der Waals surface area contributed by atoms with Crippen LogP contribution in [-0.2, 0) is 4.79 Å². The molecule has 0 radical (unpaired) electrons. The number of carbonyl (C=O) groups excluding carboxylic acids is 1. The SMILES string of the molecule is CC(c1ccc(Cl)cc1)N1CC(CBr)CC1=O. The molecule has 0 N–H and O–H groups in total. The number of alkyl halides is 1. The van der Waals surface area contributed by atoms with Gasteiger partial charge in [0.1, 0.15) is 0 Å². The zero-order valence-corrected chi connectivity index (χ0v) is 12.0. The smallest absolute Gasteiger partial charge is 0.223 e. The molecular formula is C13H15BrClNO. The third-order valence-corrected chi connectivity index (χ3v) is 4.44. The first kappa shape index (κ1) is 12.9. The fourth-order valence-electron chi connectivity index (χ4n) is 2.21. The average molecular weight is 317 g/mol. The van der Waals surface area contributed by atoms with Crippen molar-refractivity contribution in [2.75, 3.05) is 11.9 Å². The maximum Gasteiger partial charge on any atom is 0.223 e. The fourth-order valence-corrected chi connectivity index (χ4v) is 2.77. The quantitative estimate of drug-likeness (QED) is 0.780. The van der Waals surface area contributed by atoms with Crippen LogP contribution in [0, 0.1) is 5.92 Å². The highest BCUT2D eigenvalue weighted by Gasteiger charge is 2.32. The fraction of sp³-hybridized carbons (Fsp3) is 0.462. The van der Waals surface area contributed by atoms with Crippen LogP contribution in [0.25, 0.3) is 0 Å². The van der Waals surface area contributed by atoms with Crippen LogP contribution in [0.4, 0.5) is 0 Å². The van der Waals surface area contributed by atoms with Gasteiger partial charge in [0, 0.05) is 23.3 Å². The van der Waals surface area contributed by atoms with Crippen molar-refractivity contribution in [3.05, 3.63) is 34.9 Å². The lowest BCUT2D eigenvalue weighted by Crippen LogP contribution is -2.28. The Kier molecular flexibility index (Phi) is 4.10. The first-order valence-corrected chi connectivity index (χ1v) is 7.22. The van der Waals surface area contributed by atoms with Crippen LogP contribution >= 0.6 is 27.5 Å². The van der Waals surface area contributed by atoms with Crippen LogP contribution < -0.4 is 0 Å². The Labute approximate surface area is 115 Å². The molecule has 92 valence electrons. The molecule has 1 aliphatic rings. The van der Waals surface area contributed by atoms with E-state index in [1.165, 1.54) is 0 Å². The van der Waals surface area contributed by atoms with Crippen LogP contribution in [0.2, 0.25) is 5.02 Å². The third-order valence-electron chi connectivity index (χ3n) is 3.28. The molecule has 2 rings (SSSR count). The van der Waals surface area contributed by atoms with E-state index in [0.717, 1.165) is 22.5 Å². The predicted molar refractivity (Wildman–Crippen MR) is 73.5 cm³/mol. The maximum absolute atomic E-state index is 11.9. The van der Waals surface area contributed by atoms with E-state index in [2.05, 4.69) is 22.9 Å². The number of benzene rings is 1. The summed E-state index contributed by atoms with van der Waals surface area (Å²) in [6.45, 7) is 2.91. The number of hydrogen-bond acceptors (Lipinski definition) is 1. The van der Waals surface area contributed by atoms with E-state index in [1.807, 2.05) is 29.2 Å². The molecule has 0 spiro atoms. The van der Waals surface area contributed by atoms with E-state index in [-0.39, 0.29) is 11.9 Å². The van der Waals surface area contributed by atoms with Crippen LogP contribution in [0.15, 0.2) is 24.3 Å². The van der Waals surface area contributed by atoms with Gasteiger partial charge in [0.15, 0.2) is 0 Å². The highest BCUT2D eigenvalue weighted by molar-refractivity contribution is 9.09. The minimum atomic E-state index is 0.129. The molecular weight excluding hydrogens is 302 g/mol. The Bertz CT molecular complexity index is 406. The van der Waals surface area contributed by atoms with Crippen molar-refractivity contribution >= 4 is 33.4 Å². The molecule has 2 atom stereocenters. The number of likely N-dealkylation sites (tertiary alicyclic amines) is 1. The second-order valence-electron chi connectivity index (χ2n) is 4.50. The molecule has 0 bridgehead atoms. The van der Waals surface area contributed by atoms with Crippen molar-refractivity contribution in [3.8, 4) is 0 Å². The molecule has 17 heavy (non-hydrogen) atoms. The van der Waals surface area contributed by atoms with Gasteiger partial charge < -0.3 is 4.90 Å². The minimum Gasteiger partial charge on any atom is -0.336 e. The Hall–Kier alpha value is -0.540. The molecule has 0 saturated carbocycles. The maximum atomic E-state index is 11.9. The zero-order chi connectivity index (χ0) is 12.4. The molecule has 0 aliphatic carbocycles. The molecule has 1 amide bonds. The highest BCUT2D eigenvalue weighted by atomic mass is 79.9. The first-order valence-electron chi connectivity index (χ1n) is 5.72. The summed E-state index contributed by atoms with van der Waals surface area (Å²) >= 11 is 9.31. The van der Waals surface area contributed by atoms with Gasteiger partial charge in [-0.2, -0.15) is 0 Å². The lowest BCUT2D eigenvalue weighted by molar-refractivity contribution is -0.129. The Balaban J connectivity index is 2.12. The molecule has 1 heterocycles. The van der Waals surface area contributed by atoms with E-state index < -0.39 is 0 Å². The topological polar surface area (TPSA) is 20.3 Å². The predicted octanol–water partition coefficient (Wildman–Crippen LogP) is 3.64. The summed E-state index contributed by atoms with van der Waals surface area (Å²) in [7, 11) is 0. The molecule has 1 saturated heterocycles. The summed E-state index contributed by atoms with van der Waals surface area (Å²) in [5.41, 5.74) is 1.14. The van der Waals surface area contributed by atoms with Gasteiger partial charge in [0.2, 0.25) is 5.91 Å². The van der Waals surface area contributed by atoms with E-state index in [0.29, 0.717) is 12.3 Å². The van der Waals surface area contributed by atoms with Crippen molar-refractivity contribution in [3.63, 3.8) is 0 Å². The molecule has 2 unspecified atom stereocenters. The van der Waals surface area contributed by atoms with Crippen LogP contribution in [-0.4, -0.2) is 22.7 Å². The second kappa shape index (κ2) is 5.40. The summed E-state index contributed by atoms with van der Waals surface area (Å²) in [4.78, 5) is 13.9. The molecule has 0 aromatic heterocycles. The van der Waals surface area contributed by atoms with E-state index in [9.17, 15) is 4.79 Å². The Morgan fingerprint density at radius 1 is 1.47 bits per heavy atom. The summed E-state index contributed by atoms with van der Waals surface area (Å²) in [6, 6.07) is 7.85. The van der Waals surface area contributed by atoms with E-state index >= 15 is 0 Å². The van der Waals surface area contributed by atoms with Crippen molar-refractivity contribution in [1.82, 2.24) is 4.90 Å². The van der Waals surface area contributed by atoms with Gasteiger partial charge in [-0.3, -0.25) is 4.79 Å². The third kappa shape index (κ3) is 2.83. The van der Waals surface area contributed by atoms with Crippen molar-refractivity contribution < 1.29 is 4.79 Å². The molecule has 2 nitrogen and oxygen atoms in total. The normalized spacial score (nSPS) is 21.9. The van der Waals surface area contributed by atoms with Gasteiger partial charge in [-0.05, 0) is 30.5 Å². The Morgan fingerprint density at radius 3 is 2.65 bits per heavy atom. The standard InChI is InChI=1S/C13H15BrClNO/c1-9(11-2-4-12(15)5-3-11)16-8-10(7-14)6-13(16)17/h2-5,9-10H,6-8H2,1H3. The monoisotopic (exact) mass is 315 g/mol.